The van der Waals surface area contributed by atoms with Crippen molar-refractivity contribution in [1.82, 2.24) is 0 Å². The van der Waals surface area contributed by atoms with E-state index in [0.717, 1.165) is 31.4 Å². The van der Waals surface area contributed by atoms with Gasteiger partial charge in [-0.25, -0.2) is 0 Å². The molecule has 0 aromatic heterocycles. The summed E-state index contributed by atoms with van der Waals surface area (Å²) in [6, 6.07) is 30.1. The largest absolute Gasteiger partial charge is 0.311 e. The van der Waals surface area contributed by atoms with Gasteiger partial charge in [0.05, 0.1) is 0 Å². The van der Waals surface area contributed by atoms with E-state index in [1.165, 1.54) is 0 Å². The average molecular weight is 604 g/mol. The molecule has 0 aliphatic heterocycles. The average Bonchev–Trinajstić information content (AvgIpc) is 2.91. The Labute approximate surface area is 228 Å². The Morgan fingerprint density at radius 3 is 1.25 bits per heavy atom. The number of amides is 2. The molecule has 0 saturated heterocycles. The molecule has 4 aromatic rings. The summed E-state index contributed by atoms with van der Waals surface area (Å²) in [4.78, 5) is 29.9. The fourth-order valence-corrected chi connectivity index (χ4v) is 4.31. The van der Waals surface area contributed by atoms with Crippen molar-refractivity contribution in [3.8, 4) is 0 Å². The van der Waals surface area contributed by atoms with Crippen LogP contribution in [-0.4, -0.2) is 25.9 Å². The summed E-state index contributed by atoms with van der Waals surface area (Å²) in [5, 5.41) is 0. The molecule has 0 atom stereocenters. The number of hydrogen-bond donors (Lipinski definition) is 0. The molecule has 0 N–H and O–H groups in total. The smallest absolute Gasteiger partial charge is 0.258 e. The predicted molar refractivity (Wildman–Crippen MR) is 156 cm³/mol. The summed E-state index contributed by atoms with van der Waals surface area (Å²) in [6.45, 7) is 0. The first-order valence-corrected chi connectivity index (χ1v) is 12.9. The van der Waals surface area contributed by atoms with Crippen LogP contribution in [-0.2, 0) is 0 Å². The molecule has 0 unspecified atom stereocenters. The molecule has 0 fully saturated rings. The molecule has 0 aliphatic rings. The predicted octanol–water partition coefficient (Wildman–Crippen LogP) is 7.94. The molecule has 2 amide bonds. The van der Waals surface area contributed by atoms with E-state index in [9.17, 15) is 9.59 Å². The molecule has 6 heteroatoms. The van der Waals surface area contributed by atoms with Crippen LogP contribution in [0.2, 0.25) is 0 Å². The lowest BCUT2D eigenvalue weighted by Crippen LogP contribution is -2.27. The summed E-state index contributed by atoms with van der Waals surface area (Å²) >= 11 is 6.86. The van der Waals surface area contributed by atoms with Gasteiger partial charge in [0.2, 0.25) is 0 Å². The van der Waals surface area contributed by atoms with Gasteiger partial charge in [-0.05, 0) is 71.8 Å². The number of hydrogen-bond acceptors (Lipinski definition) is 2. The number of benzene rings is 4. The minimum absolute atomic E-state index is 0.114. The maximum Gasteiger partial charge on any atom is 0.258 e. The molecule has 36 heavy (non-hydrogen) atoms. The van der Waals surface area contributed by atoms with Crippen LogP contribution < -0.4 is 9.80 Å². The third-order valence-electron chi connectivity index (χ3n) is 5.86. The quantitative estimate of drug-likeness (QED) is 0.210. The van der Waals surface area contributed by atoms with E-state index in [1.54, 1.807) is 23.9 Å². The molecule has 0 bridgehead atoms. The van der Waals surface area contributed by atoms with Crippen LogP contribution in [0.15, 0.2) is 106 Å². The summed E-state index contributed by atoms with van der Waals surface area (Å²) in [6.07, 6.45) is 3.77. The molecular formula is C30H24Br2N2O2. The van der Waals surface area contributed by atoms with Gasteiger partial charge in [0.25, 0.3) is 11.8 Å². The van der Waals surface area contributed by atoms with Crippen LogP contribution in [0.5, 0.6) is 0 Å². The highest BCUT2D eigenvalue weighted by Crippen LogP contribution is 2.24. The van der Waals surface area contributed by atoms with Crippen LogP contribution in [0.3, 0.4) is 0 Å². The second-order valence-corrected chi connectivity index (χ2v) is 10.0. The fraction of sp³-hybridized carbons (Fsp3) is 0.0667. The van der Waals surface area contributed by atoms with Gasteiger partial charge in [0.15, 0.2) is 0 Å². The van der Waals surface area contributed by atoms with Crippen molar-refractivity contribution in [2.24, 2.45) is 0 Å². The Morgan fingerprint density at radius 2 is 0.889 bits per heavy atom. The highest BCUT2D eigenvalue weighted by Gasteiger charge is 2.18. The van der Waals surface area contributed by atoms with Crippen LogP contribution in [0, 0.1) is 0 Å². The van der Waals surface area contributed by atoms with E-state index in [1.807, 2.05) is 109 Å². The molecular weight excluding hydrogens is 580 g/mol. The van der Waals surface area contributed by atoms with E-state index < -0.39 is 0 Å². The topological polar surface area (TPSA) is 40.6 Å². The molecule has 0 spiro atoms. The summed E-state index contributed by atoms with van der Waals surface area (Å²) in [5.74, 6) is -0.228. The van der Waals surface area contributed by atoms with Crippen molar-refractivity contribution in [2.75, 3.05) is 23.9 Å². The van der Waals surface area contributed by atoms with Crippen molar-refractivity contribution in [3.63, 3.8) is 0 Å². The Balaban J connectivity index is 1.61. The lowest BCUT2D eigenvalue weighted by atomic mass is 10.0. The van der Waals surface area contributed by atoms with E-state index >= 15 is 0 Å². The van der Waals surface area contributed by atoms with Gasteiger partial charge in [-0.1, -0.05) is 80.4 Å². The van der Waals surface area contributed by atoms with Crippen molar-refractivity contribution in [3.05, 3.63) is 128 Å². The molecule has 4 aromatic carbocycles. The van der Waals surface area contributed by atoms with Crippen molar-refractivity contribution >= 4 is 67.2 Å². The maximum atomic E-state index is 13.3. The van der Waals surface area contributed by atoms with E-state index in [4.69, 9.17) is 0 Å². The first-order valence-electron chi connectivity index (χ1n) is 11.3. The zero-order valence-corrected chi connectivity index (χ0v) is 23.0. The van der Waals surface area contributed by atoms with Gasteiger partial charge in [-0.15, -0.1) is 0 Å². The number of rotatable bonds is 6. The number of halogens is 2. The molecule has 0 saturated carbocycles. The van der Waals surface area contributed by atoms with Gasteiger partial charge < -0.3 is 9.80 Å². The lowest BCUT2D eigenvalue weighted by Gasteiger charge is -2.19. The Hall–Kier alpha value is -3.48. The van der Waals surface area contributed by atoms with Crippen molar-refractivity contribution in [1.29, 1.82) is 0 Å². The zero-order valence-electron chi connectivity index (χ0n) is 19.9. The molecule has 4 rings (SSSR count). The molecule has 0 aliphatic carbocycles. The number of nitrogens with zero attached hydrogens (tertiary/aromatic N) is 2. The second kappa shape index (κ2) is 11.5. The van der Waals surface area contributed by atoms with Crippen LogP contribution in [0.4, 0.5) is 11.4 Å². The van der Waals surface area contributed by atoms with Gasteiger partial charge in [-0.3, -0.25) is 9.59 Å². The highest BCUT2D eigenvalue weighted by atomic mass is 79.9. The summed E-state index contributed by atoms with van der Waals surface area (Å²) in [5.41, 5.74) is 4.30. The zero-order chi connectivity index (χ0) is 25.7. The molecule has 0 radical (unpaired) electrons. The SMILES string of the molecule is CN(C(=O)c1ccccc1C=Cc1ccccc1C(=O)N(C)c1ccc(Br)cc1)c1ccc(Br)cc1. The summed E-state index contributed by atoms with van der Waals surface area (Å²) in [7, 11) is 3.52. The van der Waals surface area contributed by atoms with Gasteiger partial charge in [0.1, 0.15) is 0 Å². The first-order chi connectivity index (χ1) is 17.3. The van der Waals surface area contributed by atoms with Crippen molar-refractivity contribution < 1.29 is 9.59 Å². The number of carbonyl (C=O) groups is 2. The lowest BCUT2D eigenvalue weighted by molar-refractivity contribution is 0.0985. The maximum absolute atomic E-state index is 13.3. The number of carbonyl (C=O) groups excluding carboxylic acids is 2. The normalized spacial score (nSPS) is 10.9. The number of anilines is 2. The first kappa shape index (κ1) is 25.6. The third kappa shape index (κ3) is 5.83. The molecule has 4 nitrogen and oxygen atoms in total. The van der Waals surface area contributed by atoms with E-state index in [2.05, 4.69) is 31.9 Å². The standard InChI is InChI=1S/C30H24Br2N2O2/c1-33(25-17-13-23(31)14-18-25)29(35)27-9-5-3-7-21(27)11-12-22-8-4-6-10-28(22)30(36)34(2)26-19-15-24(32)16-20-26/h3-20H,1-2H3. The van der Waals surface area contributed by atoms with E-state index in [-0.39, 0.29) is 11.8 Å². The summed E-state index contributed by atoms with van der Waals surface area (Å²) < 4.78 is 1.91. The monoisotopic (exact) mass is 602 g/mol. The molecule has 0 heterocycles. The fourth-order valence-electron chi connectivity index (χ4n) is 3.78. The Morgan fingerprint density at radius 1 is 0.556 bits per heavy atom. The Kier molecular flexibility index (Phi) is 8.18. The Bertz CT molecular complexity index is 1300. The van der Waals surface area contributed by atoms with E-state index in [0.29, 0.717) is 11.1 Å². The van der Waals surface area contributed by atoms with Gasteiger partial charge >= 0.3 is 0 Å². The minimum Gasteiger partial charge on any atom is -0.311 e. The highest BCUT2D eigenvalue weighted by molar-refractivity contribution is 9.10. The van der Waals surface area contributed by atoms with Crippen LogP contribution in [0.1, 0.15) is 31.8 Å². The molecule has 180 valence electrons. The van der Waals surface area contributed by atoms with Crippen LogP contribution >= 0.6 is 31.9 Å². The minimum atomic E-state index is -0.114. The second-order valence-electron chi connectivity index (χ2n) is 8.19. The van der Waals surface area contributed by atoms with Gasteiger partial charge in [-0.2, -0.15) is 0 Å². The van der Waals surface area contributed by atoms with Gasteiger partial charge in [0, 0.05) is 45.5 Å². The third-order valence-corrected chi connectivity index (χ3v) is 6.92. The van der Waals surface area contributed by atoms with Crippen LogP contribution in [0.25, 0.3) is 12.2 Å². The van der Waals surface area contributed by atoms with Crippen molar-refractivity contribution in [2.45, 2.75) is 0 Å².